The predicted octanol–water partition coefficient (Wildman–Crippen LogP) is 2.02. The monoisotopic (exact) mass is 306 g/mol. The Hall–Kier alpha value is -1.95. The molecule has 0 aliphatic carbocycles. The Morgan fingerprint density at radius 3 is 2.90 bits per heavy atom. The maximum absolute atomic E-state index is 12.1. The summed E-state index contributed by atoms with van der Waals surface area (Å²) in [6.07, 6.45) is 2.47. The third-order valence-electron chi connectivity index (χ3n) is 3.57. The van der Waals surface area contributed by atoms with Crippen molar-refractivity contribution in [3.8, 4) is 0 Å². The van der Waals surface area contributed by atoms with Gasteiger partial charge in [-0.3, -0.25) is 19.5 Å². The number of hydrogen-bond donors (Lipinski definition) is 1. The van der Waals surface area contributed by atoms with Gasteiger partial charge in [0.15, 0.2) is 5.65 Å². The van der Waals surface area contributed by atoms with Crippen molar-refractivity contribution in [2.45, 2.75) is 38.1 Å². The van der Waals surface area contributed by atoms with Crippen LogP contribution in [0.25, 0.3) is 11.2 Å². The Balaban J connectivity index is 2.17. The summed E-state index contributed by atoms with van der Waals surface area (Å²) >= 11 is 6.21. The van der Waals surface area contributed by atoms with E-state index in [0.29, 0.717) is 29.8 Å². The Labute approximate surface area is 126 Å². The molecule has 110 valence electrons. The highest BCUT2D eigenvalue weighted by Crippen LogP contribution is 2.30. The molecule has 0 saturated carbocycles. The van der Waals surface area contributed by atoms with Gasteiger partial charge in [-0.05, 0) is 31.9 Å². The van der Waals surface area contributed by atoms with E-state index in [4.69, 9.17) is 11.6 Å². The number of carbonyl (C=O) groups is 2. The molecular formula is C14H15ClN4O2. The number of aryl methyl sites for hydroxylation is 1. The third kappa shape index (κ3) is 2.40. The Kier molecular flexibility index (Phi) is 3.41. The number of rotatable bonds is 2. The van der Waals surface area contributed by atoms with Gasteiger partial charge >= 0.3 is 0 Å². The van der Waals surface area contributed by atoms with Crippen molar-refractivity contribution in [1.82, 2.24) is 19.9 Å². The Bertz CT molecular complexity index is 738. The number of pyridine rings is 1. The summed E-state index contributed by atoms with van der Waals surface area (Å²) in [7, 11) is 0. The molecule has 2 atom stereocenters. The van der Waals surface area contributed by atoms with Gasteiger partial charge in [-0.2, -0.15) is 0 Å². The van der Waals surface area contributed by atoms with Crippen LogP contribution in [0.15, 0.2) is 12.3 Å². The fourth-order valence-corrected chi connectivity index (χ4v) is 2.77. The van der Waals surface area contributed by atoms with Gasteiger partial charge < -0.3 is 0 Å². The molecule has 1 N–H and O–H groups in total. The van der Waals surface area contributed by atoms with E-state index < -0.39 is 6.04 Å². The summed E-state index contributed by atoms with van der Waals surface area (Å²) in [6.45, 7) is 3.74. The highest BCUT2D eigenvalue weighted by molar-refractivity contribution is 6.20. The minimum Gasteiger partial charge on any atom is -0.299 e. The lowest BCUT2D eigenvalue weighted by molar-refractivity contribution is -0.135. The van der Waals surface area contributed by atoms with E-state index in [1.165, 1.54) is 0 Å². The van der Waals surface area contributed by atoms with Crippen LogP contribution in [0.5, 0.6) is 0 Å². The molecule has 3 heterocycles. The maximum Gasteiger partial charge on any atom is 0.249 e. The van der Waals surface area contributed by atoms with Crippen LogP contribution >= 0.6 is 11.6 Å². The zero-order chi connectivity index (χ0) is 15.1. The van der Waals surface area contributed by atoms with E-state index in [0.717, 1.165) is 5.56 Å². The van der Waals surface area contributed by atoms with Crippen LogP contribution in [0.4, 0.5) is 0 Å². The fraction of sp³-hybridized carbons (Fsp3) is 0.429. The van der Waals surface area contributed by atoms with Crippen LogP contribution in [-0.4, -0.2) is 26.3 Å². The third-order valence-corrected chi connectivity index (χ3v) is 3.77. The predicted molar refractivity (Wildman–Crippen MR) is 78.0 cm³/mol. The van der Waals surface area contributed by atoms with Gasteiger partial charge in [0.1, 0.15) is 17.4 Å². The van der Waals surface area contributed by atoms with E-state index in [1.807, 2.05) is 13.0 Å². The first kappa shape index (κ1) is 14.0. The highest BCUT2D eigenvalue weighted by atomic mass is 35.5. The van der Waals surface area contributed by atoms with Gasteiger partial charge in [0.2, 0.25) is 11.8 Å². The number of aromatic nitrogens is 3. The van der Waals surface area contributed by atoms with E-state index in [2.05, 4.69) is 15.3 Å². The normalized spacial score (nSPS) is 20.6. The van der Waals surface area contributed by atoms with Crippen LogP contribution in [-0.2, 0) is 9.59 Å². The summed E-state index contributed by atoms with van der Waals surface area (Å²) in [5.41, 5.74) is 2.32. The molecule has 3 rings (SSSR count). The molecule has 6 nitrogen and oxygen atoms in total. The topological polar surface area (TPSA) is 76.9 Å². The SMILES string of the molecule is Cc1cnc2c(c1)nc(C(C)Cl)n2C1CCC(=O)NC1=O. The Morgan fingerprint density at radius 2 is 2.24 bits per heavy atom. The second-order valence-corrected chi connectivity index (χ2v) is 5.93. The molecule has 21 heavy (non-hydrogen) atoms. The molecular weight excluding hydrogens is 292 g/mol. The number of imide groups is 1. The van der Waals surface area contributed by atoms with Crippen molar-refractivity contribution in [3.63, 3.8) is 0 Å². The number of amides is 2. The van der Waals surface area contributed by atoms with Crippen molar-refractivity contribution in [1.29, 1.82) is 0 Å². The lowest BCUT2D eigenvalue weighted by Crippen LogP contribution is -2.42. The van der Waals surface area contributed by atoms with E-state index in [-0.39, 0.29) is 17.2 Å². The summed E-state index contributed by atoms with van der Waals surface area (Å²) in [4.78, 5) is 32.3. The summed E-state index contributed by atoms with van der Waals surface area (Å²) < 4.78 is 1.76. The van der Waals surface area contributed by atoms with Gasteiger partial charge in [-0.15, -0.1) is 11.6 Å². The summed E-state index contributed by atoms with van der Waals surface area (Å²) in [6, 6.07) is 1.41. The molecule has 2 amide bonds. The van der Waals surface area contributed by atoms with Gasteiger partial charge in [0, 0.05) is 12.6 Å². The molecule has 1 aliphatic rings. The molecule has 0 aromatic carbocycles. The van der Waals surface area contributed by atoms with Crippen LogP contribution in [0.3, 0.4) is 0 Å². The zero-order valence-electron chi connectivity index (χ0n) is 11.8. The number of alkyl halides is 1. The van der Waals surface area contributed by atoms with Crippen LogP contribution < -0.4 is 5.32 Å². The first-order chi connectivity index (χ1) is 9.97. The molecule has 1 saturated heterocycles. The van der Waals surface area contributed by atoms with E-state index >= 15 is 0 Å². The molecule has 1 aliphatic heterocycles. The van der Waals surface area contributed by atoms with Gasteiger partial charge in [0.05, 0.1) is 5.38 Å². The first-order valence-electron chi connectivity index (χ1n) is 6.79. The number of halogens is 1. The molecule has 7 heteroatoms. The summed E-state index contributed by atoms with van der Waals surface area (Å²) in [5, 5.41) is 2.01. The van der Waals surface area contributed by atoms with Crippen LogP contribution in [0.1, 0.15) is 42.6 Å². The average Bonchev–Trinajstić information content (AvgIpc) is 2.77. The van der Waals surface area contributed by atoms with Crippen molar-refractivity contribution in [2.24, 2.45) is 0 Å². The summed E-state index contributed by atoms with van der Waals surface area (Å²) in [5.74, 6) is 0.0238. The standard InChI is InChI=1S/C14H15ClN4O2/c1-7-5-9-13(16-6-7)19(12(17-9)8(2)15)10-3-4-11(20)18-14(10)21/h5-6,8,10H,3-4H2,1-2H3,(H,18,20,21). The Morgan fingerprint density at radius 1 is 1.48 bits per heavy atom. The average molecular weight is 307 g/mol. The highest BCUT2D eigenvalue weighted by Gasteiger charge is 2.32. The molecule has 1 fully saturated rings. The minimum absolute atomic E-state index is 0.245. The molecule has 0 bridgehead atoms. The van der Waals surface area contributed by atoms with Gasteiger partial charge in [0.25, 0.3) is 0 Å². The quantitative estimate of drug-likeness (QED) is 0.680. The number of piperidine rings is 1. The minimum atomic E-state index is -0.501. The van der Waals surface area contributed by atoms with E-state index in [1.54, 1.807) is 17.7 Å². The van der Waals surface area contributed by atoms with Crippen LogP contribution in [0.2, 0.25) is 0 Å². The molecule has 2 aromatic rings. The number of carbonyl (C=O) groups excluding carboxylic acids is 2. The molecule has 2 aromatic heterocycles. The maximum atomic E-state index is 12.1. The van der Waals surface area contributed by atoms with E-state index in [9.17, 15) is 9.59 Å². The van der Waals surface area contributed by atoms with Gasteiger partial charge in [-0.1, -0.05) is 0 Å². The van der Waals surface area contributed by atoms with Crippen LogP contribution in [0, 0.1) is 6.92 Å². The number of hydrogen-bond acceptors (Lipinski definition) is 4. The van der Waals surface area contributed by atoms with Crippen molar-refractivity contribution < 1.29 is 9.59 Å². The zero-order valence-corrected chi connectivity index (χ0v) is 12.5. The number of nitrogens with one attached hydrogen (secondary N) is 1. The molecule has 2 unspecified atom stereocenters. The smallest absolute Gasteiger partial charge is 0.249 e. The van der Waals surface area contributed by atoms with Gasteiger partial charge in [-0.25, -0.2) is 9.97 Å². The van der Waals surface area contributed by atoms with Crippen molar-refractivity contribution in [2.75, 3.05) is 0 Å². The second-order valence-electron chi connectivity index (χ2n) is 5.28. The van der Waals surface area contributed by atoms with Crippen molar-refractivity contribution >= 4 is 34.6 Å². The molecule has 0 spiro atoms. The largest absolute Gasteiger partial charge is 0.299 e. The number of nitrogens with zero attached hydrogens (tertiary/aromatic N) is 3. The first-order valence-corrected chi connectivity index (χ1v) is 7.23. The lowest BCUT2D eigenvalue weighted by atomic mass is 10.1. The fourth-order valence-electron chi connectivity index (χ4n) is 2.62. The number of imidazole rings is 1. The van der Waals surface area contributed by atoms with Crippen molar-refractivity contribution in [3.05, 3.63) is 23.7 Å². The second kappa shape index (κ2) is 5.11. The number of fused-ring (bicyclic) bond motifs is 1. The lowest BCUT2D eigenvalue weighted by Gasteiger charge is -2.24. The molecule has 0 radical (unpaired) electrons.